The van der Waals surface area contributed by atoms with Crippen molar-refractivity contribution in [2.45, 2.75) is 32.8 Å². The third-order valence-corrected chi connectivity index (χ3v) is 6.18. The van der Waals surface area contributed by atoms with Gasteiger partial charge in [0.25, 0.3) is 5.56 Å². The van der Waals surface area contributed by atoms with E-state index in [-0.39, 0.29) is 18.0 Å². The van der Waals surface area contributed by atoms with Crippen molar-refractivity contribution >= 4 is 49.0 Å². The summed E-state index contributed by atoms with van der Waals surface area (Å²) in [6.45, 7) is 2.29. The molecule has 0 bridgehead atoms. The van der Waals surface area contributed by atoms with E-state index in [4.69, 9.17) is 9.72 Å². The Morgan fingerprint density at radius 3 is 2.68 bits per heavy atom. The Morgan fingerprint density at radius 2 is 1.88 bits per heavy atom. The fraction of sp³-hybridized carbons (Fsp3) is 0.192. The second-order valence-corrected chi connectivity index (χ2v) is 9.59. The summed E-state index contributed by atoms with van der Waals surface area (Å²) < 4.78 is 22.5. The molecule has 1 aromatic heterocycles. The van der Waals surface area contributed by atoms with Gasteiger partial charge < -0.3 is 4.74 Å². The molecular weight excluding hydrogens is 565 g/mol. The molecule has 0 aliphatic carbocycles. The van der Waals surface area contributed by atoms with Crippen molar-refractivity contribution in [1.82, 2.24) is 9.66 Å². The third kappa shape index (κ3) is 5.80. The lowest BCUT2D eigenvalue weighted by molar-refractivity contribution is 0.305. The molecule has 3 aromatic carbocycles. The maximum atomic E-state index is 13.5. The van der Waals surface area contributed by atoms with Crippen LogP contribution >= 0.6 is 31.9 Å². The largest absolute Gasteiger partial charge is 0.488 e. The fourth-order valence-electron chi connectivity index (χ4n) is 3.47. The molecule has 1 heterocycles. The molecule has 0 saturated carbocycles. The summed E-state index contributed by atoms with van der Waals surface area (Å²) in [5, 5.41) is 5.01. The van der Waals surface area contributed by atoms with Crippen molar-refractivity contribution in [3.8, 4) is 5.75 Å². The normalized spacial score (nSPS) is 11.4. The lowest BCUT2D eigenvalue weighted by Crippen LogP contribution is -2.22. The maximum absolute atomic E-state index is 13.5. The standard InChI is InChI=1S/C26H22Br2FN3O2/c1-2-3-7-25-31-23-10-8-20(28)14-22(23)26(33)32(25)30-15-18-13-19(27)9-11-24(18)34-16-17-5-4-6-21(29)12-17/h4-6,8-15H,2-3,7,16H2,1H3. The van der Waals surface area contributed by atoms with Gasteiger partial charge in [0.1, 0.15) is 24.0 Å². The first-order valence-corrected chi connectivity index (χ1v) is 12.5. The lowest BCUT2D eigenvalue weighted by atomic mass is 10.2. The number of benzene rings is 3. The molecule has 0 spiro atoms. The number of rotatable bonds is 8. The van der Waals surface area contributed by atoms with Crippen LogP contribution in [0.25, 0.3) is 10.9 Å². The van der Waals surface area contributed by atoms with Gasteiger partial charge >= 0.3 is 0 Å². The van der Waals surface area contributed by atoms with Gasteiger partial charge in [0.15, 0.2) is 0 Å². The lowest BCUT2D eigenvalue weighted by Gasteiger charge is -2.11. The summed E-state index contributed by atoms with van der Waals surface area (Å²) in [6, 6.07) is 17.2. The summed E-state index contributed by atoms with van der Waals surface area (Å²) in [6.07, 6.45) is 4.09. The first kappa shape index (κ1) is 24.3. The Labute approximate surface area is 213 Å². The van der Waals surface area contributed by atoms with Crippen molar-refractivity contribution in [3.63, 3.8) is 0 Å². The number of aryl methyl sites for hydroxylation is 1. The van der Waals surface area contributed by atoms with Crippen LogP contribution in [-0.4, -0.2) is 15.9 Å². The molecule has 0 aliphatic heterocycles. The molecule has 0 unspecified atom stereocenters. The van der Waals surface area contributed by atoms with Gasteiger partial charge in [-0.2, -0.15) is 9.78 Å². The van der Waals surface area contributed by atoms with Gasteiger partial charge in [-0.3, -0.25) is 4.79 Å². The van der Waals surface area contributed by atoms with E-state index in [0.29, 0.717) is 40.0 Å². The van der Waals surface area contributed by atoms with E-state index in [0.717, 1.165) is 21.8 Å². The van der Waals surface area contributed by atoms with E-state index >= 15 is 0 Å². The summed E-state index contributed by atoms with van der Waals surface area (Å²) in [5.74, 6) is 0.860. The Hall–Kier alpha value is -2.84. The molecule has 8 heteroatoms. The minimum atomic E-state index is -0.312. The van der Waals surface area contributed by atoms with Crippen LogP contribution in [0.15, 0.2) is 79.5 Å². The van der Waals surface area contributed by atoms with Crippen LogP contribution in [0, 0.1) is 5.82 Å². The van der Waals surface area contributed by atoms with Gasteiger partial charge in [-0.25, -0.2) is 9.37 Å². The highest BCUT2D eigenvalue weighted by Gasteiger charge is 2.12. The first-order chi connectivity index (χ1) is 16.4. The number of aromatic nitrogens is 2. The summed E-state index contributed by atoms with van der Waals surface area (Å²) in [4.78, 5) is 18.0. The molecule has 0 fully saturated rings. The average Bonchev–Trinajstić information content (AvgIpc) is 2.82. The molecule has 5 nitrogen and oxygen atoms in total. The second-order valence-electron chi connectivity index (χ2n) is 7.76. The molecule has 0 atom stereocenters. The molecule has 34 heavy (non-hydrogen) atoms. The van der Waals surface area contributed by atoms with E-state index in [9.17, 15) is 9.18 Å². The molecule has 0 saturated heterocycles. The molecule has 4 aromatic rings. The van der Waals surface area contributed by atoms with E-state index in [2.05, 4.69) is 43.9 Å². The topological polar surface area (TPSA) is 56.5 Å². The molecule has 0 N–H and O–H groups in total. The quantitative estimate of drug-likeness (QED) is 0.212. The second kappa shape index (κ2) is 11.1. The number of halogens is 3. The van der Waals surface area contributed by atoms with Crippen LogP contribution in [0.3, 0.4) is 0 Å². The molecule has 174 valence electrons. The number of hydrogen-bond acceptors (Lipinski definition) is 4. The smallest absolute Gasteiger partial charge is 0.282 e. The zero-order valence-electron chi connectivity index (χ0n) is 18.5. The van der Waals surface area contributed by atoms with Crippen LogP contribution in [-0.2, 0) is 13.0 Å². The molecule has 4 rings (SSSR count). The highest BCUT2D eigenvalue weighted by atomic mass is 79.9. The Morgan fingerprint density at radius 1 is 1.09 bits per heavy atom. The van der Waals surface area contributed by atoms with Crippen molar-refractivity contribution in [2.24, 2.45) is 5.10 Å². The van der Waals surface area contributed by atoms with Crippen LogP contribution in [0.1, 0.15) is 36.7 Å². The van der Waals surface area contributed by atoms with Crippen LogP contribution < -0.4 is 10.3 Å². The first-order valence-electron chi connectivity index (χ1n) is 10.9. The van der Waals surface area contributed by atoms with Crippen LogP contribution in [0.5, 0.6) is 5.75 Å². The summed E-state index contributed by atoms with van der Waals surface area (Å²) in [5.41, 5.74) is 1.81. The van der Waals surface area contributed by atoms with E-state index in [1.807, 2.05) is 24.3 Å². The number of unbranched alkanes of at least 4 members (excludes halogenated alkanes) is 1. The number of nitrogens with zero attached hydrogens (tertiary/aromatic N) is 3. The van der Waals surface area contributed by atoms with Gasteiger partial charge in [0.05, 0.1) is 17.1 Å². The molecule has 0 amide bonds. The maximum Gasteiger partial charge on any atom is 0.282 e. The summed E-state index contributed by atoms with van der Waals surface area (Å²) in [7, 11) is 0. The fourth-order valence-corrected chi connectivity index (χ4v) is 4.21. The predicted octanol–water partition coefficient (Wildman–Crippen LogP) is 6.86. The minimum absolute atomic E-state index is 0.202. The monoisotopic (exact) mass is 585 g/mol. The average molecular weight is 587 g/mol. The van der Waals surface area contributed by atoms with Crippen molar-refractivity contribution < 1.29 is 9.13 Å². The van der Waals surface area contributed by atoms with E-state index in [1.165, 1.54) is 16.8 Å². The predicted molar refractivity (Wildman–Crippen MR) is 140 cm³/mol. The number of fused-ring (bicyclic) bond motifs is 1. The minimum Gasteiger partial charge on any atom is -0.488 e. The molecule has 0 aliphatic rings. The Balaban J connectivity index is 1.71. The molecule has 0 radical (unpaired) electrons. The van der Waals surface area contributed by atoms with Crippen LogP contribution in [0.4, 0.5) is 4.39 Å². The zero-order chi connectivity index (χ0) is 24.1. The Kier molecular flexibility index (Phi) is 7.90. The Bertz CT molecular complexity index is 1420. The van der Waals surface area contributed by atoms with Crippen molar-refractivity contribution in [2.75, 3.05) is 0 Å². The SMILES string of the molecule is CCCCc1nc2ccc(Br)cc2c(=O)n1N=Cc1cc(Br)ccc1OCc1cccc(F)c1. The van der Waals surface area contributed by atoms with Crippen LogP contribution in [0.2, 0.25) is 0 Å². The van der Waals surface area contributed by atoms with E-state index < -0.39 is 0 Å². The van der Waals surface area contributed by atoms with E-state index in [1.54, 1.807) is 30.5 Å². The third-order valence-electron chi connectivity index (χ3n) is 5.20. The zero-order valence-corrected chi connectivity index (χ0v) is 21.6. The highest BCUT2D eigenvalue weighted by Crippen LogP contribution is 2.23. The van der Waals surface area contributed by atoms with Crippen molar-refractivity contribution in [3.05, 3.63) is 103 Å². The summed E-state index contributed by atoms with van der Waals surface area (Å²) >= 11 is 6.91. The van der Waals surface area contributed by atoms with Gasteiger partial charge in [-0.15, -0.1) is 0 Å². The number of hydrogen-bond donors (Lipinski definition) is 0. The van der Waals surface area contributed by atoms with Gasteiger partial charge in [-0.05, 0) is 60.5 Å². The van der Waals surface area contributed by atoms with Crippen molar-refractivity contribution in [1.29, 1.82) is 0 Å². The highest BCUT2D eigenvalue weighted by molar-refractivity contribution is 9.10. The van der Waals surface area contributed by atoms with Gasteiger partial charge in [-0.1, -0.05) is 57.3 Å². The molecular formula is C26H22Br2FN3O2. The number of ether oxygens (including phenoxy) is 1. The van der Waals surface area contributed by atoms with Gasteiger partial charge in [0.2, 0.25) is 0 Å². The van der Waals surface area contributed by atoms with Gasteiger partial charge in [0, 0.05) is 20.9 Å².